The summed E-state index contributed by atoms with van der Waals surface area (Å²) in [5, 5.41) is 5.52. The Hall–Kier alpha value is -1.43. The molecule has 0 bridgehead atoms. The van der Waals surface area contributed by atoms with Crippen LogP contribution in [0.5, 0.6) is 0 Å². The molecule has 0 aliphatic heterocycles. The van der Waals surface area contributed by atoms with Crippen molar-refractivity contribution in [2.75, 3.05) is 37.9 Å². The first-order valence-corrected chi connectivity index (χ1v) is 4.21. The van der Waals surface area contributed by atoms with Crippen LogP contribution in [0.15, 0.2) is 6.20 Å². The van der Waals surface area contributed by atoms with E-state index in [0.29, 0.717) is 19.1 Å². The van der Waals surface area contributed by atoms with Gasteiger partial charge >= 0.3 is 0 Å². The van der Waals surface area contributed by atoms with Gasteiger partial charge < -0.3 is 15.4 Å². The van der Waals surface area contributed by atoms with Gasteiger partial charge in [-0.2, -0.15) is 4.98 Å². The highest BCUT2D eigenvalue weighted by molar-refractivity contribution is 5.40. The Kier molecular flexibility index (Phi) is 4.06. The number of methoxy groups -OCH3 is 1. The van der Waals surface area contributed by atoms with Crippen molar-refractivity contribution in [1.82, 2.24) is 9.97 Å². The van der Waals surface area contributed by atoms with Crippen LogP contribution in [0.2, 0.25) is 0 Å². The molecule has 5 nitrogen and oxygen atoms in total. The van der Waals surface area contributed by atoms with Gasteiger partial charge in [0.1, 0.15) is 0 Å². The first kappa shape index (κ1) is 10.6. The second-order valence-electron chi connectivity index (χ2n) is 2.56. The standard InChI is InChI=1S/C8H13FN4O/c1-10-8-12-5-6(9)7(13-8)11-3-4-14-2/h5H,3-4H2,1-2H3,(H2,10,11,12,13). The van der Waals surface area contributed by atoms with Crippen molar-refractivity contribution in [3.63, 3.8) is 0 Å². The van der Waals surface area contributed by atoms with Crippen LogP contribution in [0.1, 0.15) is 0 Å². The second kappa shape index (κ2) is 5.33. The molecule has 1 aromatic heterocycles. The predicted molar refractivity (Wildman–Crippen MR) is 51.9 cm³/mol. The van der Waals surface area contributed by atoms with Crippen LogP contribution in [0.3, 0.4) is 0 Å². The molecule has 0 aliphatic carbocycles. The van der Waals surface area contributed by atoms with Crippen LogP contribution in [-0.4, -0.2) is 37.3 Å². The number of aromatic nitrogens is 2. The molecule has 14 heavy (non-hydrogen) atoms. The fourth-order valence-electron chi connectivity index (χ4n) is 0.883. The number of hydrogen-bond acceptors (Lipinski definition) is 5. The normalized spacial score (nSPS) is 9.93. The minimum absolute atomic E-state index is 0.182. The minimum Gasteiger partial charge on any atom is -0.383 e. The molecule has 0 saturated heterocycles. The fourth-order valence-corrected chi connectivity index (χ4v) is 0.883. The van der Waals surface area contributed by atoms with E-state index in [9.17, 15) is 4.39 Å². The highest BCUT2D eigenvalue weighted by atomic mass is 19.1. The van der Waals surface area contributed by atoms with E-state index in [1.807, 2.05) is 0 Å². The van der Waals surface area contributed by atoms with E-state index in [0.717, 1.165) is 6.20 Å². The molecule has 0 fully saturated rings. The summed E-state index contributed by atoms with van der Waals surface area (Å²) in [7, 11) is 3.25. The van der Waals surface area contributed by atoms with Crippen molar-refractivity contribution >= 4 is 11.8 Å². The number of nitrogens with one attached hydrogen (secondary N) is 2. The van der Waals surface area contributed by atoms with E-state index in [2.05, 4.69) is 20.6 Å². The average Bonchev–Trinajstić information content (AvgIpc) is 2.21. The lowest BCUT2D eigenvalue weighted by molar-refractivity contribution is 0.210. The van der Waals surface area contributed by atoms with Crippen molar-refractivity contribution in [1.29, 1.82) is 0 Å². The SMILES string of the molecule is CNc1ncc(F)c(NCCOC)n1. The molecule has 0 aliphatic rings. The Labute approximate surface area is 81.7 Å². The summed E-state index contributed by atoms with van der Waals surface area (Å²) in [6.07, 6.45) is 1.12. The van der Waals surface area contributed by atoms with E-state index in [-0.39, 0.29) is 5.82 Å². The Bertz CT molecular complexity index is 295. The molecule has 0 amide bonds. The van der Waals surface area contributed by atoms with Crippen LogP contribution < -0.4 is 10.6 Å². The number of hydrogen-bond donors (Lipinski definition) is 2. The third kappa shape index (κ3) is 2.81. The zero-order valence-electron chi connectivity index (χ0n) is 8.17. The molecule has 1 aromatic rings. The maximum atomic E-state index is 13.1. The van der Waals surface area contributed by atoms with Crippen molar-refractivity contribution in [3.05, 3.63) is 12.0 Å². The van der Waals surface area contributed by atoms with Crippen LogP contribution in [0.4, 0.5) is 16.2 Å². The average molecular weight is 200 g/mol. The van der Waals surface area contributed by atoms with E-state index >= 15 is 0 Å². The number of ether oxygens (including phenoxy) is 1. The van der Waals surface area contributed by atoms with Crippen LogP contribution in [-0.2, 0) is 4.74 Å². The molecule has 0 atom stereocenters. The molecule has 0 spiro atoms. The van der Waals surface area contributed by atoms with Crippen molar-refractivity contribution in [3.8, 4) is 0 Å². The summed E-state index contributed by atoms with van der Waals surface area (Å²) >= 11 is 0. The van der Waals surface area contributed by atoms with Gasteiger partial charge in [-0.15, -0.1) is 0 Å². The third-order valence-corrected chi connectivity index (χ3v) is 1.57. The fraction of sp³-hybridized carbons (Fsp3) is 0.500. The van der Waals surface area contributed by atoms with Gasteiger partial charge in [0.2, 0.25) is 5.95 Å². The molecule has 1 rings (SSSR count). The van der Waals surface area contributed by atoms with Gasteiger partial charge in [-0.25, -0.2) is 9.37 Å². The second-order valence-corrected chi connectivity index (χ2v) is 2.56. The smallest absolute Gasteiger partial charge is 0.224 e. The van der Waals surface area contributed by atoms with Gasteiger partial charge in [0.25, 0.3) is 0 Å². The van der Waals surface area contributed by atoms with Crippen LogP contribution >= 0.6 is 0 Å². The van der Waals surface area contributed by atoms with Crippen molar-refractivity contribution in [2.24, 2.45) is 0 Å². The Morgan fingerprint density at radius 3 is 3.00 bits per heavy atom. The molecular weight excluding hydrogens is 187 g/mol. The summed E-state index contributed by atoms with van der Waals surface area (Å²) in [4.78, 5) is 7.62. The summed E-state index contributed by atoms with van der Waals surface area (Å²) in [6, 6.07) is 0. The summed E-state index contributed by atoms with van der Waals surface area (Å²) < 4.78 is 17.9. The summed E-state index contributed by atoms with van der Waals surface area (Å²) in [5.41, 5.74) is 0. The number of halogens is 1. The molecule has 0 saturated carbocycles. The highest BCUT2D eigenvalue weighted by Crippen LogP contribution is 2.10. The van der Waals surface area contributed by atoms with E-state index in [1.54, 1.807) is 14.2 Å². The largest absolute Gasteiger partial charge is 0.383 e. The van der Waals surface area contributed by atoms with Crippen LogP contribution in [0.25, 0.3) is 0 Å². The van der Waals surface area contributed by atoms with E-state index in [4.69, 9.17) is 4.74 Å². The van der Waals surface area contributed by atoms with E-state index in [1.165, 1.54) is 0 Å². The van der Waals surface area contributed by atoms with Gasteiger partial charge in [0.15, 0.2) is 11.6 Å². The van der Waals surface area contributed by atoms with Crippen LogP contribution in [0, 0.1) is 5.82 Å². The topological polar surface area (TPSA) is 59.1 Å². The molecule has 6 heteroatoms. The number of nitrogens with zero attached hydrogens (tertiary/aromatic N) is 2. The molecular formula is C8H13FN4O. The third-order valence-electron chi connectivity index (χ3n) is 1.57. The molecule has 0 radical (unpaired) electrons. The zero-order chi connectivity index (χ0) is 10.4. The Morgan fingerprint density at radius 1 is 1.57 bits per heavy atom. The summed E-state index contributed by atoms with van der Waals surface area (Å²) in [6.45, 7) is 1.01. The van der Waals surface area contributed by atoms with Gasteiger partial charge in [-0.3, -0.25) is 0 Å². The predicted octanol–water partition coefficient (Wildman–Crippen LogP) is 0.716. The summed E-state index contributed by atoms with van der Waals surface area (Å²) in [5.74, 6) is 0.0906. The lowest BCUT2D eigenvalue weighted by Crippen LogP contribution is -2.11. The minimum atomic E-state index is -0.472. The van der Waals surface area contributed by atoms with Gasteiger partial charge in [0, 0.05) is 20.7 Å². The lowest BCUT2D eigenvalue weighted by atomic mass is 10.5. The number of anilines is 2. The maximum absolute atomic E-state index is 13.1. The first-order valence-electron chi connectivity index (χ1n) is 4.21. The molecule has 78 valence electrons. The molecule has 1 heterocycles. The Morgan fingerprint density at radius 2 is 2.36 bits per heavy atom. The highest BCUT2D eigenvalue weighted by Gasteiger charge is 2.04. The number of rotatable bonds is 5. The molecule has 0 aromatic carbocycles. The Balaban J connectivity index is 2.64. The van der Waals surface area contributed by atoms with Crippen molar-refractivity contribution < 1.29 is 9.13 Å². The lowest BCUT2D eigenvalue weighted by Gasteiger charge is -2.06. The quantitative estimate of drug-likeness (QED) is 0.686. The van der Waals surface area contributed by atoms with Gasteiger partial charge in [0.05, 0.1) is 12.8 Å². The van der Waals surface area contributed by atoms with Gasteiger partial charge in [-0.1, -0.05) is 0 Å². The molecule has 0 unspecified atom stereocenters. The monoisotopic (exact) mass is 200 g/mol. The zero-order valence-corrected chi connectivity index (χ0v) is 8.17. The molecule has 2 N–H and O–H groups in total. The van der Waals surface area contributed by atoms with Crippen molar-refractivity contribution in [2.45, 2.75) is 0 Å². The maximum Gasteiger partial charge on any atom is 0.224 e. The van der Waals surface area contributed by atoms with Gasteiger partial charge in [-0.05, 0) is 0 Å². The van der Waals surface area contributed by atoms with E-state index < -0.39 is 5.82 Å². The first-order chi connectivity index (χ1) is 6.77.